The lowest BCUT2D eigenvalue weighted by Crippen LogP contribution is -2.50. The van der Waals surface area contributed by atoms with Crippen molar-refractivity contribution in [3.63, 3.8) is 0 Å². The first kappa shape index (κ1) is 28.5. The molecule has 2 aromatic rings. The molecule has 1 aromatic carbocycles. The van der Waals surface area contributed by atoms with Crippen molar-refractivity contribution >= 4 is 24.8 Å². The van der Waals surface area contributed by atoms with Crippen LogP contribution >= 0.6 is 0 Å². The molecule has 0 unspecified atom stereocenters. The minimum absolute atomic E-state index is 0.00264. The minimum atomic E-state index is -0.849. The molecule has 10 heteroatoms. The second-order valence-electron chi connectivity index (χ2n) is 10.2. The lowest BCUT2D eigenvalue weighted by atomic mass is 9.64. The Labute approximate surface area is 219 Å². The van der Waals surface area contributed by atoms with E-state index in [4.69, 9.17) is 9.31 Å². The van der Waals surface area contributed by atoms with Gasteiger partial charge in [0.2, 0.25) is 0 Å². The molecule has 1 aromatic heterocycles. The van der Waals surface area contributed by atoms with Crippen LogP contribution in [0.5, 0.6) is 0 Å². The number of ketones is 1. The molecular formula is C27H37BN4O5. The molecule has 1 saturated heterocycles. The second-order valence-corrected chi connectivity index (χ2v) is 10.2. The van der Waals surface area contributed by atoms with Gasteiger partial charge in [0, 0.05) is 30.7 Å². The Bertz CT molecular complexity index is 1040. The quantitative estimate of drug-likeness (QED) is 0.488. The first-order valence-corrected chi connectivity index (χ1v) is 12.8. The third-order valence-corrected chi connectivity index (χ3v) is 6.74. The van der Waals surface area contributed by atoms with Gasteiger partial charge in [-0.15, -0.1) is 0 Å². The van der Waals surface area contributed by atoms with Crippen LogP contribution in [0.25, 0.3) is 0 Å². The molecular weight excluding hydrogens is 471 g/mol. The highest BCUT2D eigenvalue weighted by atomic mass is 16.6. The van der Waals surface area contributed by atoms with Crippen LogP contribution in [-0.2, 0) is 25.3 Å². The predicted molar refractivity (Wildman–Crippen MR) is 141 cm³/mol. The normalized spacial score (nSPS) is 20.5. The van der Waals surface area contributed by atoms with E-state index >= 15 is 0 Å². The largest absolute Gasteiger partial charge is 0.531 e. The van der Waals surface area contributed by atoms with Gasteiger partial charge in [-0.1, -0.05) is 44.2 Å². The van der Waals surface area contributed by atoms with Gasteiger partial charge in [-0.2, -0.15) is 0 Å². The van der Waals surface area contributed by atoms with Crippen molar-refractivity contribution in [2.75, 3.05) is 13.6 Å². The van der Waals surface area contributed by atoms with Crippen LogP contribution in [0.4, 0.5) is 0 Å². The van der Waals surface area contributed by atoms with E-state index in [9.17, 15) is 14.4 Å². The molecule has 0 bridgehead atoms. The third kappa shape index (κ3) is 8.47. The smallest absolute Gasteiger partial charge is 0.508 e. The fourth-order valence-electron chi connectivity index (χ4n) is 4.47. The fourth-order valence-corrected chi connectivity index (χ4v) is 4.47. The molecule has 2 heterocycles. The van der Waals surface area contributed by atoms with E-state index in [1.807, 2.05) is 56.1 Å². The highest BCUT2D eigenvalue weighted by molar-refractivity contribution is 6.49. The zero-order valence-corrected chi connectivity index (χ0v) is 22.3. The van der Waals surface area contributed by atoms with E-state index in [0.29, 0.717) is 12.8 Å². The summed E-state index contributed by atoms with van der Waals surface area (Å²) in [5.74, 6) is -1.14. The fraction of sp³-hybridized carbons (Fsp3) is 0.519. The molecule has 1 amide bonds. The molecule has 0 aliphatic carbocycles. The predicted octanol–water partition coefficient (Wildman–Crippen LogP) is 2.96. The Morgan fingerprint density at radius 3 is 2.57 bits per heavy atom. The Hall–Kier alpha value is -3.11. The van der Waals surface area contributed by atoms with Gasteiger partial charge in [0.25, 0.3) is 5.91 Å². The van der Waals surface area contributed by atoms with Gasteiger partial charge in [-0.05, 0) is 45.2 Å². The van der Waals surface area contributed by atoms with Crippen LogP contribution in [0.1, 0.15) is 56.6 Å². The van der Waals surface area contributed by atoms with Gasteiger partial charge >= 0.3 is 13.1 Å². The van der Waals surface area contributed by atoms with E-state index in [1.54, 1.807) is 0 Å². The van der Waals surface area contributed by atoms with Crippen molar-refractivity contribution in [3.8, 4) is 0 Å². The summed E-state index contributed by atoms with van der Waals surface area (Å²) in [6.07, 6.45) is 5.11. The molecule has 1 N–H and O–H groups in total. The van der Waals surface area contributed by atoms with E-state index in [0.717, 1.165) is 5.56 Å². The first-order valence-electron chi connectivity index (χ1n) is 12.8. The Morgan fingerprint density at radius 1 is 1.19 bits per heavy atom. The lowest BCUT2D eigenvalue weighted by Gasteiger charge is -2.36. The molecule has 0 spiro atoms. The Morgan fingerprint density at radius 2 is 1.92 bits per heavy atom. The number of nitrogens with one attached hydrogen (secondary N) is 1. The van der Waals surface area contributed by atoms with Crippen molar-refractivity contribution in [2.45, 2.75) is 71.0 Å². The summed E-state index contributed by atoms with van der Waals surface area (Å²) >= 11 is 0. The van der Waals surface area contributed by atoms with E-state index in [-0.39, 0.29) is 54.3 Å². The van der Waals surface area contributed by atoms with E-state index in [2.05, 4.69) is 29.1 Å². The maximum atomic E-state index is 13.7. The molecule has 3 rings (SSSR count). The summed E-state index contributed by atoms with van der Waals surface area (Å²) in [5.41, 5.74) is 1.05. The highest BCUT2D eigenvalue weighted by Crippen LogP contribution is 2.30. The topological polar surface area (TPSA) is 111 Å². The summed E-state index contributed by atoms with van der Waals surface area (Å²) in [6, 6.07) is 8.73. The Kier molecular flexibility index (Phi) is 10.3. The highest BCUT2D eigenvalue weighted by Gasteiger charge is 2.41. The summed E-state index contributed by atoms with van der Waals surface area (Å²) in [5, 5.41) is 2.85. The number of hydrogen-bond acceptors (Lipinski definition) is 8. The molecule has 37 heavy (non-hydrogen) atoms. The van der Waals surface area contributed by atoms with Crippen molar-refractivity contribution in [1.82, 2.24) is 20.2 Å². The average Bonchev–Trinajstić information content (AvgIpc) is 2.87. The monoisotopic (exact) mass is 508 g/mol. The molecule has 0 radical (unpaired) electrons. The average molecular weight is 508 g/mol. The number of benzene rings is 1. The van der Waals surface area contributed by atoms with Gasteiger partial charge < -0.3 is 14.6 Å². The van der Waals surface area contributed by atoms with Gasteiger partial charge in [-0.3, -0.25) is 24.3 Å². The van der Waals surface area contributed by atoms with E-state index in [1.165, 1.54) is 18.6 Å². The maximum absolute atomic E-state index is 13.7. The third-order valence-electron chi connectivity index (χ3n) is 6.74. The van der Waals surface area contributed by atoms with E-state index < -0.39 is 19.1 Å². The molecule has 1 aliphatic rings. The number of amides is 1. The summed E-state index contributed by atoms with van der Waals surface area (Å²) in [6.45, 7) is 8.21. The maximum Gasteiger partial charge on any atom is 0.531 e. The second kappa shape index (κ2) is 13.4. The molecule has 1 aliphatic heterocycles. The molecule has 0 saturated carbocycles. The summed E-state index contributed by atoms with van der Waals surface area (Å²) in [4.78, 5) is 49.1. The number of nitrogens with zero attached hydrogens (tertiary/aromatic N) is 3. The number of hydrogen-bond donors (Lipinski definition) is 1. The standard InChI is InChI=1S/C27H37BN4O5/c1-18(2)13-22(28-36-20(4)19(3)32(5)17-26(34)37-28)15-25(33)23(14-21-9-7-6-8-10-21)31-27(35)24-16-29-11-12-30-24/h6-12,16,18-20,22-23H,13-15,17H2,1-5H3,(H,31,35)/t19-,20-,22-,23+/m1/s1. The van der Waals surface area contributed by atoms with Gasteiger partial charge in [-0.25, -0.2) is 4.98 Å². The summed E-state index contributed by atoms with van der Waals surface area (Å²) in [7, 11) is 1.01. The van der Waals surface area contributed by atoms with Crippen molar-refractivity contribution in [2.24, 2.45) is 5.92 Å². The number of Topliss-reactive ketones (excluding diaryl/α,β-unsaturated/α-hetero) is 1. The zero-order valence-electron chi connectivity index (χ0n) is 22.3. The number of carbonyl (C=O) groups is 3. The van der Waals surface area contributed by atoms with Crippen LogP contribution in [0.2, 0.25) is 5.82 Å². The number of rotatable bonds is 10. The van der Waals surface area contributed by atoms with Crippen LogP contribution in [0, 0.1) is 5.92 Å². The van der Waals surface area contributed by atoms with Crippen molar-refractivity contribution in [1.29, 1.82) is 0 Å². The van der Waals surface area contributed by atoms with Crippen molar-refractivity contribution in [3.05, 3.63) is 60.2 Å². The molecule has 1 fully saturated rings. The van der Waals surface area contributed by atoms with Crippen LogP contribution in [0.15, 0.2) is 48.9 Å². The van der Waals surface area contributed by atoms with Gasteiger partial charge in [0.1, 0.15) is 5.69 Å². The van der Waals surface area contributed by atoms with Gasteiger partial charge in [0.05, 0.1) is 24.9 Å². The van der Waals surface area contributed by atoms with Crippen LogP contribution in [-0.4, -0.2) is 71.4 Å². The van der Waals surface area contributed by atoms with Crippen molar-refractivity contribution < 1.29 is 23.7 Å². The number of likely N-dealkylation sites (N-methyl/N-ethyl adjacent to an activating group) is 1. The molecule has 9 nitrogen and oxygen atoms in total. The van der Waals surface area contributed by atoms with Crippen LogP contribution < -0.4 is 5.32 Å². The first-order chi connectivity index (χ1) is 17.6. The number of aromatic nitrogens is 2. The Balaban J connectivity index is 1.83. The van der Waals surface area contributed by atoms with Gasteiger partial charge in [0.15, 0.2) is 5.78 Å². The molecule has 198 valence electrons. The molecule has 4 atom stereocenters. The summed E-state index contributed by atoms with van der Waals surface area (Å²) < 4.78 is 11.9. The lowest BCUT2D eigenvalue weighted by molar-refractivity contribution is -0.140. The minimum Gasteiger partial charge on any atom is -0.508 e. The SMILES string of the molecule is CC(C)C[C@H](CC(=O)[C@H](Cc1ccccc1)NC(=O)c1cnccn1)B1OC(=O)CN(C)[C@H](C)[C@@H](C)O1. The number of carbonyl (C=O) groups excluding carboxylic acids is 3. The van der Waals surface area contributed by atoms with Crippen LogP contribution in [0.3, 0.4) is 0 Å². The zero-order chi connectivity index (χ0) is 26.9.